The maximum atomic E-state index is 12.0. The number of hydrogen-bond donors (Lipinski definition) is 2. The van der Waals surface area contributed by atoms with E-state index in [2.05, 4.69) is 15.5 Å². The van der Waals surface area contributed by atoms with E-state index in [1.165, 1.54) is 0 Å². The van der Waals surface area contributed by atoms with Crippen LogP contribution in [0.3, 0.4) is 0 Å². The molecule has 5 nitrogen and oxygen atoms in total. The molecule has 1 aromatic carbocycles. The Morgan fingerprint density at radius 3 is 3.26 bits per heavy atom. The Morgan fingerprint density at radius 1 is 1.58 bits per heavy atom. The number of rotatable bonds is 3. The van der Waals surface area contributed by atoms with Crippen LogP contribution in [0.4, 0.5) is 5.69 Å². The number of amides is 1. The zero-order valence-corrected chi connectivity index (χ0v) is 11.0. The van der Waals surface area contributed by atoms with Crippen molar-refractivity contribution in [3.8, 4) is 0 Å². The summed E-state index contributed by atoms with van der Waals surface area (Å²) in [4.78, 5) is 12.0. The lowest BCUT2D eigenvalue weighted by Gasteiger charge is -2.10. The zero-order valence-electron chi connectivity index (χ0n) is 10.3. The number of halogens is 1. The molecule has 6 heteroatoms. The molecule has 1 unspecified atom stereocenters. The summed E-state index contributed by atoms with van der Waals surface area (Å²) in [6, 6.07) is 3.52. The molecule has 1 saturated heterocycles. The lowest BCUT2D eigenvalue weighted by molar-refractivity contribution is -0.118. The maximum absolute atomic E-state index is 12.0. The number of aromatic nitrogens is 2. The Hall–Kier alpha value is -1.59. The van der Waals surface area contributed by atoms with Gasteiger partial charge in [-0.3, -0.25) is 9.89 Å². The van der Waals surface area contributed by atoms with E-state index in [1.54, 1.807) is 18.3 Å². The van der Waals surface area contributed by atoms with Crippen LogP contribution in [0.2, 0.25) is 5.02 Å². The molecule has 3 rings (SSSR count). The maximum Gasteiger partial charge on any atom is 0.227 e. The number of hydrogen-bond acceptors (Lipinski definition) is 3. The van der Waals surface area contributed by atoms with Gasteiger partial charge >= 0.3 is 0 Å². The van der Waals surface area contributed by atoms with Crippen molar-refractivity contribution in [2.24, 2.45) is 0 Å². The number of nitrogens with one attached hydrogen (secondary N) is 2. The predicted octanol–water partition coefficient (Wildman–Crippen LogP) is 2.72. The van der Waals surface area contributed by atoms with Gasteiger partial charge in [0, 0.05) is 17.0 Å². The second-order valence-electron chi connectivity index (χ2n) is 4.67. The fourth-order valence-corrected chi connectivity index (χ4v) is 2.56. The summed E-state index contributed by atoms with van der Waals surface area (Å²) in [7, 11) is 0. The average molecular weight is 280 g/mol. The summed E-state index contributed by atoms with van der Waals surface area (Å²) < 4.78 is 5.45. The molecule has 1 amide bonds. The Morgan fingerprint density at radius 2 is 2.47 bits per heavy atom. The number of ether oxygens (including phenoxy) is 1. The van der Waals surface area contributed by atoms with Gasteiger partial charge in [0.2, 0.25) is 5.91 Å². The second kappa shape index (κ2) is 5.19. The van der Waals surface area contributed by atoms with Gasteiger partial charge in [-0.05, 0) is 25.0 Å². The fraction of sp³-hybridized carbons (Fsp3) is 0.385. The van der Waals surface area contributed by atoms with Gasteiger partial charge in [0.05, 0.1) is 29.9 Å². The highest BCUT2D eigenvalue weighted by Crippen LogP contribution is 2.26. The summed E-state index contributed by atoms with van der Waals surface area (Å²) >= 11 is 6.02. The standard InChI is InChI=1S/C13H14ClN3O2/c14-9-4-8-7-15-17-13(8)11(5-9)16-12(18)6-10-2-1-3-19-10/h4-5,7,10H,1-3,6H2,(H,15,17)(H,16,18). The van der Waals surface area contributed by atoms with E-state index in [0.29, 0.717) is 17.1 Å². The first kappa shape index (κ1) is 12.4. The van der Waals surface area contributed by atoms with Crippen molar-refractivity contribution in [1.29, 1.82) is 0 Å². The van der Waals surface area contributed by atoms with Gasteiger partial charge < -0.3 is 10.1 Å². The zero-order chi connectivity index (χ0) is 13.2. The molecule has 19 heavy (non-hydrogen) atoms. The number of fused-ring (bicyclic) bond motifs is 1. The summed E-state index contributed by atoms with van der Waals surface area (Å²) in [5.41, 5.74) is 1.44. The number of H-pyrrole nitrogens is 1. The van der Waals surface area contributed by atoms with E-state index in [0.717, 1.165) is 30.4 Å². The van der Waals surface area contributed by atoms with Gasteiger partial charge in [-0.25, -0.2) is 0 Å². The van der Waals surface area contributed by atoms with Gasteiger partial charge in [0.25, 0.3) is 0 Å². The smallest absolute Gasteiger partial charge is 0.227 e. The van der Waals surface area contributed by atoms with Gasteiger partial charge in [-0.2, -0.15) is 5.10 Å². The van der Waals surface area contributed by atoms with E-state index >= 15 is 0 Å². The van der Waals surface area contributed by atoms with Crippen molar-refractivity contribution in [3.05, 3.63) is 23.4 Å². The molecule has 2 N–H and O–H groups in total. The van der Waals surface area contributed by atoms with Gasteiger partial charge in [0.15, 0.2) is 0 Å². The quantitative estimate of drug-likeness (QED) is 0.908. The van der Waals surface area contributed by atoms with Crippen LogP contribution in [0.25, 0.3) is 10.9 Å². The lowest BCUT2D eigenvalue weighted by atomic mass is 10.1. The third-order valence-electron chi connectivity index (χ3n) is 3.22. The minimum absolute atomic E-state index is 0.0384. The highest BCUT2D eigenvalue weighted by molar-refractivity contribution is 6.32. The molecule has 1 atom stereocenters. The number of aromatic amines is 1. The van der Waals surface area contributed by atoms with Crippen LogP contribution in [-0.2, 0) is 9.53 Å². The molecule has 100 valence electrons. The number of anilines is 1. The van der Waals surface area contributed by atoms with E-state index in [-0.39, 0.29) is 12.0 Å². The molecule has 0 saturated carbocycles. The van der Waals surface area contributed by atoms with Crippen molar-refractivity contribution in [1.82, 2.24) is 10.2 Å². The first-order valence-electron chi connectivity index (χ1n) is 6.26. The monoisotopic (exact) mass is 279 g/mol. The first-order chi connectivity index (χ1) is 9.22. The van der Waals surface area contributed by atoms with Crippen LogP contribution in [0.1, 0.15) is 19.3 Å². The molecule has 0 aliphatic carbocycles. The molecular weight excluding hydrogens is 266 g/mol. The van der Waals surface area contributed by atoms with Crippen molar-refractivity contribution >= 4 is 34.1 Å². The number of benzene rings is 1. The van der Waals surface area contributed by atoms with Gasteiger partial charge in [-0.15, -0.1) is 0 Å². The molecular formula is C13H14ClN3O2. The van der Waals surface area contributed by atoms with Crippen molar-refractivity contribution in [2.75, 3.05) is 11.9 Å². The van der Waals surface area contributed by atoms with E-state index in [4.69, 9.17) is 16.3 Å². The van der Waals surface area contributed by atoms with Gasteiger partial charge in [0.1, 0.15) is 0 Å². The minimum Gasteiger partial charge on any atom is -0.378 e. The first-order valence-corrected chi connectivity index (χ1v) is 6.64. The predicted molar refractivity (Wildman–Crippen MR) is 73.3 cm³/mol. The summed E-state index contributed by atoms with van der Waals surface area (Å²) in [5.74, 6) is -0.0648. The Kier molecular flexibility index (Phi) is 3.40. The molecule has 2 aromatic rings. The van der Waals surface area contributed by atoms with Crippen molar-refractivity contribution in [3.63, 3.8) is 0 Å². The summed E-state index contributed by atoms with van der Waals surface area (Å²) in [5, 5.41) is 11.1. The Balaban J connectivity index is 1.76. The average Bonchev–Trinajstić information content (AvgIpc) is 2.99. The third kappa shape index (κ3) is 2.72. The van der Waals surface area contributed by atoms with E-state index in [9.17, 15) is 4.79 Å². The van der Waals surface area contributed by atoms with Crippen molar-refractivity contribution in [2.45, 2.75) is 25.4 Å². The molecule has 2 heterocycles. The van der Waals surface area contributed by atoms with Crippen LogP contribution in [0.5, 0.6) is 0 Å². The normalized spacial score (nSPS) is 18.9. The fourth-order valence-electron chi connectivity index (χ4n) is 2.33. The molecule has 1 aliphatic heterocycles. The van der Waals surface area contributed by atoms with Crippen LogP contribution < -0.4 is 5.32 Å². The molecule has 0 radical (unpaired) electrons. The molecule has 1 aliphatic rings. The number of nitrogens with zero attached hydrogens (tertiary/aromatic N) is 1. The van der Waals surface area contributed by atoms with Crippen LogP contribution in [-0.4, -0.2) is 28.8 Å². The Labute approximate surface area is 115 Å². The van der Waals surface area contributed by atoms with Crippen molar-refractivity contribution < 1.29 is 9.53 Å². The topological polar surface area (TPSA) is 67.0 Å². The number of carbonyl (C=O) groups excluding carboxylic acids is 1. The van der Waals surface area contributed by atoms with E-state index in [1.807, 2.05) is 0 Å². The summed E-state index contributed by atoms with van der Waals surface area (Å²) in [6.45, 7) is 0.750. The highest BCUT2D eigenvalue weighted by Gasteiger charge is 2.19. The van der Waals surface area contributed by atoms with Crippen LogP contribution in [0, 0.1) is 0 Å². The molecule has 1 fully saturated rings. The minimum atomic E-state index is -0.0648. The summed E-state index contributed by atoms with van der Waals surface area (Å²) in [6.07, 6.45) is 4.07. The highest BCUT2D eigenvalue weighted by atomic mass is 35.5. The van der Waals surface area contributed by atoms with Crippen LogP contribution >= 0.6 is 11.6 Å². The lowest BCUT2D eigenvalue weighted by Crippen LogP contribution is -2.19. The molecule has 0 spiro atoms. The SMILES string of the molecule is O=C(CC1CCCO1)Nc1cc(Cl)cc2cn[nH]c12. The third-order valence-corrected chi connectivity index (χ3v) is 3.44. The molecule has 0 bridgehead atoms. The second-order valence-corrected chi connectivity index (χ2v) is 5.11. The van der Waals surface area contributed by atoms with Crippen LogP contribution in [0.15, 0.2) is 18.3 Å². The largest absolute Gasteiger partial charge is 0.378 e. The molecule has 1 aromatic heterocycles. The number of carbonyl (C=O) groups is 1. The van der Waals surface area contributed by atoms with Gasteiger partial charge in [-0.1, -0.05) is 11.6 Å². The Bertz CT molecular complexity index is 605. The van der Waals surface area contributed by atoms with E-state index < -0.39 is 0 Å².